The number of hydrogen-bond donors (Lipinski definition) is 0. The summed E-state index contributed by atoms with van der Waals surface area (Å²) < 4.78 is 6.29. The van der Waals surface area contributed by atoms with E-state index in [4.69, 9.17) is 9.97 Å². The summed E-state index contributed by atoms with van der Waals surface area (Å²) in [6.07, 6.45) is 3.27. The monoisotopic (exact) mass is 1110 g/mol. The Bertz CT molecular complexity index is 3560. The quantitative estimate of drug-likeness (QED) is 0.0863. The van der Waals surface area contributed by atoms with Crippen LogP contribution in [0.1, 0.15) is 37.5 Å². The van der Waals surface area contributed by atoms with Gasteiger partial charge in [-0.1, -0.05) is 90.3 Å². The van der Waals surface area contributed by atoms with Gasteiger partial charge in [0.1, 0.15) is 0 Å². The van der Waals surface area contributed by atoms with Crippen LogP contribution >= 0.6 is 0 Å². The summed E-state index contributed by atoms with van der Waals surface area (Å²) in [4.78, 5) is 10.1. The van der Waals surface area contributed by atoms with Crippen molar-refractivity contribution in [3.8, 4) is 39.5 Å². The van der Waals surface area contributed by atoms with E-state index in [0.29, 0.717) is 5.92 Å². The van der Waals surface area contributed by atoms with Crippen molar-refractivity contribution in [1.82, 2.24) is 19.1 Å². The molecule has 0 N–H and O–H groups in total. The Morgan fingerprint density at radius 3 is 2.03 bits per heavy atom. The van der Waals surface area contributed by atoms with Gasteiger partial charge in [-0.05, 0) is 106 Å². The van der Waals surface area contributed by atoms with Crippen LogP contribution in [-0.4, -0.2) is 32.4 Å². The maximum absolute atomic E-state index is 5.42. The largest absolute Gasteiger partial charge is 0.381 e. The molecule has 67 heavy (non-hydrogen) atoms. The molecule has 11 aromatic rings. The van der Waals surface area contributed by atoms with E-state index in [9.17, 15) is 0 Å². The van der Waals surface area contributed by atoms with Gasteiger partial charge in [-0.3, -0.25) is 4.98 Å². The van der Waals surface area contributed by atoms with E-state index in [1.165, 1.54) is 76.9 Å². The number of para-hydroxylation sites is 1. The zero-order valence-corrected chi connectivity index (χ0v) is 44.2. The third kappa shape index (κ3) is 8.82. The molecule has 8 aromatic carbocycles. The second kappa shape index (κ2) is 18.9. The molecule has 0 fully saturated rings. The van der Waals surface area contributed by atoms with Crippen LogP contribution in [-0.2, 0) is 33.1 Å². The first kappa shape index (κ1) is 46.0. The van der Waals surface area contributed by atoms with Crippen LogP contribution in [0.3, 0.4) is 0 Å². The Kier molecular flexibility index (Phi) is 13.0. The fourth-order valence-corrected chi connectivity index (χ4v) is 13.4. The molecule has 4 nitrogen and oxygen atoms in total. The van der Waals surface area contributed by atoms with Crippen molar-refractivity contribution in [2.75, 3.05) is 0 Å². The van der Waals surface area contributed by atoms with Gasteiger partial charge in [-0.25, -0.2) is 0 Å². The van der Waals surface area contributed by atoms with Gasteiger partial charge in [-0.15, -0.1) is 23.8 Å². The van der Waals surface area contributed by atoms with Gasteiger partial charge in [0, 0.05) is 37.9 Å². The maximum Gasteiger partial charge on any atom is 0.0781 e. The molecule has 0 amide bonds. The number of aryl methyl sites for hydroxylation is 3. The van der Waals surface area contributed by atoms with Crippen LogP contribution in [0.5, 0.6) is 0 Å². The fraction of sp³-hybridized carbons (Fsp3) is 0.180. The van der Waals surface area contributed by atoms with Crippen molar-refractivity contribution < 1.29 is 20.1 Å². The standard InChI is InChI=1S/C43H32N3.C18H24GeN.Ir/c1-4-45-39-17-11-10-16-35(39)37-24-32(20-21-40(37)45)43-44-38-26-36-31(19-18-30-14-8-9-15-34(30)36)25-41(38)46(43)42-27(2)22-33(23-28(42)3)29-12-6-5-7-13-29;1-14(2)11-16-12-18(15-9-7-6-8-10-15)20-13-17(16)19(3,4)5;/h5-19,21-26H,4H2,1-3H3;6-9,12-14H,11H2,1-5H3;/q2*-1;. The van der Waals surface area contributed by atoms with E-state index in [0.717, 1.165) is 46.6 Å². The van der Waals surface area contributed by atoms with E-state index >= 15 is 0 Å². The maximum atomic E-state index is 5.42. The molecule has 0 aliphatic heterocycles. The number of fused-ring (bicyclic) bond motifs is 7. The van der Waals surface area contributed by atoms with Crippen molar-refractivity contribution in [1.29, 1.82) is 0 Å². The SMILES string of the molecule is CC(C)Cc1cc(-c2[c-]cccc2)nc[c]1[Ge]([CH3])([CH3])[CH3].CCn1c2c[c-]c(-c3nc4cc5c(ccc6ccccc65)cc4n3-c3c(C)cc(-c4ccccc4)cc3C)cc2c2ccccc21.[Ir]. The number of nitrogens with zero attached hydrogens (tertiary/aromatic N) is 4. The second-order valence-electron chi connectivity index (χ2n) is 19.2. The van der Waals surface area contributed by atoms with Gasteiger partial charge >= 0.3 is 126 Å². The zero-order valence-electron chi connectivity index (χ0n) is 39.7. The molecule has 6 heteroatoms. The van der Waals surface area contributed by atoms with Crippen LogP contribution in [0.2, 0.25) is 17.3 Å². The summed E-state index contributed by atoms with van der Waals surface area (Å²) in [5, 5.41) is 7.41. The van der Waals surface area contributed by atoms with Crippen molar-refractivity contribution in [3.63, 3.8) is 0 Å². The Morgan fingerprint density at radius 2 is 1.31 bits per heavy atom. The van der Waals surface area contributed by atoms with Crippen molar-refractivity contribution in [2.24, 2.45) is 5.92 Å². The molecule has 0 saturated heterocycles. The molecular weight excluding hydrogens is 1050 g/mol. The number of hydrogen-bond acceptors (Lipinski definition) is 2. The van der Waals surface area contributed by atoms with Crippen LogP contribution in [0.15, 0.2) is 164 Å². The molecule has 0 spiro atoms. The number of imidazole rings is 1. The first-order valence-electron chi connectivity index (χ1n) is 23.4. The van der Waals surface area contributed by atoms with Crippen molar-refractivity contribution >= 4 is 72.0 Å². The van der Waals surface area contributed by atoms with Crippen LogP contribution < -0.4 is 4.40 Å². The topological polar surface area (TPSA) is 35.6 Å². The third-order valence-electron chi connectivity index (χ3n) is 13.0. The van der Waals surface area contributed by atoms with Crippen molar-refractivity contribution in [3.05, 3.63) is 193 Å². The van der Waals surface area contributed by atoms with Gasteiger partial charge in [0.2, 0.25) is 0 Å². The van der Waals surface area contributed by atoms with E-state index in [2.05, 4.69) is 219 Å². The summed E-state index contributed by atoms with van der Waals surface area (Å²) in [5.74, 6) is 8.90. The molecular formula is C61H56GeIrN4-2. The predicted octanol–water partition coefficient (Wildman–Crippen LogP) is 15.5. The smallest absolute Gasteiger partial charge is 0.0781 e. The predicted molar refractivity (Wildman–Crippen MR) is 284 cm³/mol. The number of pyridine rings is 1. The average molecular weight is 1110 g/mol. The normalized spacial score (nSPS) is 11.7. The summed E-state index contributed by atoms with van der Waals surface area (Å²) in [7, 11) is 0. The Morgan fingerprint density at radius 1 is 0.612 bits per heavy atom. The minimum absolute atomic E-state index is 0. The molecule has 3 heterocycles. The van der Waals surface area contributed by atoms with Gasteiger partial charge in [0.15, 0.2) is 0 Å². The molecule has 0 saturated carbocycles. The van der Waals surface area contributed by atoms with Gasteiger partial charge < -0.3 is 9.13 Å². The first-order valence-corrected chi connectivity index (χ1v) is 30.7. The van der Waals surface area contributed by atoms with E-state index in [1.807, 2.05) is 18.2 Å². The van der Waals surface area contributed by atoms with E-state index in [1.54, 1.807) is 4.40 Å². The summed E-state index contributed by atoms with van der Waals surface area (Å²) >= 11 is -1.86. The molecule has 0 unspecified atom stereocenters. The molecule has 11 rings (SSSR count). The molecule has 0 aliphatic carbocycles. The fourth-order valence-electron chi connectivity index (χ4n) is 10.0. The third-order valence-corrected chi connectivity index (χ3v) is 17.3. The van der Waals surface area contributed by atoms with E-state index < -0.39 is 13.3 Å². The minimum Gasteiger partial charge on any atom is -0.381 e. The number of rotatable bonds is 8. The number of benzene rings is 8. The first-order chi connectivity index (χ1) is 32.0. The molecule has 1 radical (unpaired) electrons. The summed E-state index contributed by atoms with van der Waals surface area (Å²) in [5.41, 5.74) is 15.2. The average Bonchev–Trinajstić information content (AvgIpc) is 3.85. The van der Waals surface area contributed by atoms with Crippen molar-refractivity contribution in [2.45, 2.75) is 64.9 Å². The molecule has 335 valence electrons. The Hall–Kier alpha value is -6.11. The second-order valence-corrected chi connectivity index (χ2v) is 29.8. The number of aromatic nitrogens is 4. The van der Waals surface area contributed by atoms with Crippen LogP contribution in [0, 0.1) is 31.9 Å². The van der Waals surface area contributed by atoms with Crippen LogP contribution in [0.25, 0.3) is 93.8 Å². The summed E-state index contributed by atoms with van der Waals surface area (Å²) in [6, 6.07) is 63.4. The molecule has 0 bridgehead atoms. The Labute approximate surface area is 411 Å². The zero-order chi connectivity index (χ0) is 45.7. The molecule has 0 atom stereocenters. The molecule has 3 aromatic heterocycles. The van der Waals surface area contributed by atoms with E-state index in [-0.39, 0.29) is 20.1 Å². The molecule has 0 aliphatic rings. The summed E-state index contributed by atoms with van der Waals surface area (Å²) in [6.45, 7) is 12.1. The van der Waals surface area contributed by atoms with Gasteiger partial charge in [0.25, 0.3) is 0 Å². The van der Waals surface area contributed by atoms with Gasteiger partial charge in [-0.2, -0.15) is 0 Å². The minimum atomic E-state index is -1.86. The van der Waals surface area contributed by atoms with Gasteiger partial charge in [0.05, 0.1) is 16.9 Å². The Balaban J connectivity index is 0.000000226. The van der Waals surface area contributed by atoms with Crippen LogP contribution in [0.4, 0.5) is 0 Å².